The first-order valence-electron chi connectivity index (χ1n) is 13.9. The fraction of sp³-hybridized carbons (Fsp3) is 0.152. The first-order valence-corrected chi connectivity index (χ1v) is 15.1. The summed E-state index contributed by atoms with van der Waals surface area (Å²) in [5.41, 5.74) is 7.15. The SMILES string of the molecule is Cc1ncc(-c2ccc(-n3c(=O)c4c(n5ncc(Cc6ccccc6)c35)CN(C(=O)c3ccc(Br)c(Cl)c3)CC4)cc2)[nH]1. The van der Waals surface area contributed by atoms with E-state index in [1.54, 1.807) is 33.9 Å². The number of nitrogens with zero attached hydrogens (tertiary/aromatic N) is 5. The maximum atomic E-state index is 14.3. The van der Waals surface area contributed by atoms with E-state index in [1.807, 2.05) is 60.1 Å². The van der Waals surface area contributed by atoms with Crippen LogP contribution in [0, 0.1) is 6.92 Å². The Hall–Kier alpha value is -4.47. The summed E-state index contributed by atoms with van der Waals surface area (Å²) in [4.78, 5) is 37.1. The summed E-state index contributed by atoms with van der Waals surface area (Å²) < 4.78 is 4.33. The van der Waals surface area contributed by atoms with Gasteiger partial charge in [-0.2, -0.15) is 5.10 Å². The standard InChI is InChI=1S/C33H26BrClN6O2/c1-20-36-18-29(38-20)22-7-10-25(11-8-22)40-31-24(15-21-5-3-2-4-6-21)17-37-41(31)30-19-39(14-13-26(30)33(40)43)32(42)23-9-12-27(34)28(35)16-23/h2-12,16-18H,13-15,19H2,1H3,(H,36,38). The fourth-order valence-electron chi connectivity index (χ4n) is 5.74. The summed E-state index contributed by atoms with van der Waals surface area (Å²) in [5.74, 6) is 0.700. The number of halogens is 2. The number of carbonyl (C=O) groups excluding carboxylic acids is 1. The number of hydrogen-bond acceptors (Lipinski definition) is 4. The third kappa shape index (κ3) is 4.98. The number of hydrogen-bond donors (Lipinski definition) is 1. The Balaban J connectivity index is 1.35. The quantitative estimate of drug-likeness (QED) is 0.234. The van der Waals surface area contributed by atoms with Crippen LogP contribution in [-0.4, -0.2) is 41.5 Å². The van der Waals surface area contributed by atoms with Crippen molar-refractivity contribution in [3.05, 3.63) is 139 Å². The molecule has 0 radical (unpaired) electrons. The number of imidazole rings is 1. The van der Waals surface area contributed by atoms with Gasteiger partial charge in [-0.05, 0) is 70.7 Å². The van der Waals surface area contributed by atoms with Crippen molar-refractivity contribution in [1.29, 1.82) is 0 Å². The number of benzene rings is 3. The van der Waals surface area contributed by atoms with Crippen molar-refractivity contribution in [2.75, 3.05) is 6.54 Å². The molecule has 10 heteroatoms. The Morgan fingerprint density at radius 1 is 1.05 bits per heavy atom. The zero-order valence-corrected chi connectivity index (χ0v) is 25.6. The summed E-state index contributed by atoms with van der Waals surface area (Å²) in [5, 5.41) is 5.27. The molecule has 6 aromatic rings. The lowest BCUT2D eigenvalue weighted by atomic mass is 10.0. The lowest BCUT2D eigenvalue weighted by Crippen LogP contribution is -2.41. The molecular formula is C33H26BrClN6O2. The van der Waals surface area contributed by atoms with Crippen LogP contribution in [-0.2, 0) is 19.4 Å². The Kier molecular flexibility index (Phi) is 6.99. The molecule has 4 heterocycles. The van der Waals surface area contributed by atoms with Crippen LogP contribution in [0.5, 0.6) is 0 Å². The monoisotopic (exact) mass is 652 g/mol. The highest BCUT2D eigenvalue weighted by Gasteiger charge is 2.29. The van der Waals surface area contributed by atoms with Crippen LogP contribution in [0.25, 0.3) is 22.6 Å². The first kappa shape index (κ1) is 27.4. The molecule has 3 aromatic carbocycles. The van der Waals surface area contributed by atoms with Gasteiger partial charge in [-0.15, -0.1) is 0 Å². The van der Waals surface area contributed by atoms with Crippen molar-refractivity contribution in [3.8, 4) is 16.9 Å². The minimum absolute atomic E-state index is 0.0961. The second kappa shape index (κ2) is 11.0. The normalized spacial score (nSPS) is 13.0. The van der Waals surface area contributed by atoms with E-state index in [1.165, 1.54) is 0 Å². The van der Waals surface area contributed by atoms with E-state index in [-0.39, 0.29) is 18.0 Å². The molecule has 214 valence electrons. The van der Waals surface area contributed by atoms with Gasteiger partial charge in [0.25, 0.3) is 11.5 Å². The molecule has 43 heavy (non-hydrogen) atoms. The minimum atomic E-state index is -0.140. The first-order chi connectivity index (χ1) is 20.9. The van der Waals surface area contributed by atoms with Gasteiger partial charge in [0.1, 0.15) is 11.5 Å². The van der Waals surface area contributed by atoms with E-state index in [9.17, 15) is 9.59 Å². The summed E-state index contributed by atoms with van der Waals surface area (Å²) in [6, 6.07) is 23.2. The zero-order chi connectivity index (χ0) is 29.7. The molecule has 1 amide bonds. The highest BCUT2D eigenvalue weighted by molar-refractivity contribution is 9.10. The van der Waals surface area contributed by atoms with Crippen molar-refractivity contribution in [1.82, 2.24) is 29.0 Å². The van der Waals surface area contributed by atoms with E-state index < -0.39 is 0 Å². The molecule has 3 aromatic heterocycles. The maximum Gasteiger partial charge on any atom is 0.261 e. The Labute approximate surface area is 260 Å². The molecule has 1 aliphatic rings. The Bertz CT molecular complexity index is 2060. The molecule has 0 atom stereocenters. The molecule has 0 bridgehead atoms. The smallest absolute Gasteiger partial charge is 0.261 e. The zero-order valence-electron chi connectivity index (χ0n) is 23.2. The van der Waals surface area contributed by atoms with E-state index in [4.69, 9.17) is 16.7 Å². The van der Waals surface area contributed by atoms with Gasteiger partial charge in [0, 0.05) is 34.1 Å². The molecule has 0 fully saturated rings. The van der Waals surface area contributed by atoms with E-state index >= 15 is 0 Å². The van der Waals surface area contributed by atoms with E-state index in [0.29, 0.717) is 41.2 Å². The lowest BCUT2D eigenvalue weighted by Gasteiger charge is -2.30. The van der Waals surface area contributed by atoms with Crippen LogP contribution >= 0.6 is 27.5 Å². The van der Waals surface area contributed by atoms with Crippen LogP contribution in [0.4, 0.5) is 0 Å². The van der Waals surface area contributed by atoms with Gasteiger partial charge in [-0.1, -0.05) is 54.1 Å². The maximum absolute atomic E-state index is 14.3. The largest absolute Gasteiger partial charge is 0.342 e. The average molecular weight is 654 g/mol. The van der Waals surface area contributed by atoms with Crippen molar-refractivity contribution in [2.45, 2.75) is 26.3 Å². The number of amides is 1. The topological polar surface area (TPSA) is 88.3 Å². The van der Waals surface area contributed by atoms with Gasteiger partial charge in [-0.25, -0.2) is 9.50 Å². The van der Waals surface area contributed by atoms with Crippen molar-refractivity contribution < 1.29 is 4.79 Å². The number of carbonyl (C=O) groups is 1. The molecule has 0 saturated carbocycles. The predicted molar refractivity (Wildman–Crippen MR) is 170 cm³/mol. The minimum Gasteiger partial charge on any atom is -0.342 e. The molecule has 7 rings (SSSR count). The van der Waals surface area contributed by atoms with Crippen LogP contribution < -0.4 is 5.56 Å². The van der Waals surface area contributed by atoms with Crippen molar-refractivity contribution in [2.24, 2.45) is 0 Å². The Morgan fingerprint density at radius 3 is 2.56 bits per heavy atom. The third-order valence-electron chi connectivity index (χ3n) is 7.90. The molecule has 8 nitrogen and oxygen atoms in total. The van der Waals surface area contributed by atoms with Crippen LogP contribution in [0.2, 0.25) is 5.02 Å². The van der Waals surface area contributed by atoms with Crippen LogP contribution in [0.15, 0.2) is 94.5 Å². The Morgan fingerprint density at radius 2 is 1.84 bits per heavy atom. The van der Waals surface area contributed by atoms with Crippen molar-refractivity contribution in [3.63, 3.8) is 0 Å². The second-order valence-corrected chi connectivity index (χ2v) is 11.9. The summed E-state index contributed by atoms with van der Waals surface area (Å²) in [6.45, 7) is 2.59. The van der Waals surface area contributed by atoms with Crippen LogP contribution in [0.1, 0.15) is 38.6 Å². The number of aromatic nitrogens is 5. The molecular weight excluding hydrogens is 628 g/mol. The van der Waals surface area contributed by atoms with Gasteiger partial charge >= 0.3 is 0 Å². The highest BCUT2D eigenvalue weighted by Crippen LogP contribution is 2.28. The van der Waals surface area contributed by atoms with Gasteiger partial charge in [-0.3, -0.25) is 14.2 Å². The van der Waals surface area contributed by atoms with Gasteiger partial charge in [0.05, 0.1) is 41.0 Å². The number of nitrogens with one attached hydrogen (secondary N) is 1. The molecule has 1 N–H and O–H groups in total. The fourth-order valence-corrected chi connectivity index (χ4v) is 6.16. The summed E-state index contributed by atoms with van der Waals surface area (Å²) in [6.07, 6.45) is 4.65. The molecule has 0 saturated heterocycles. The van der Waals surface area contributed by atoms with Crippen molar-refractivity contribution >= 4 is 39.1 Å². The number of H-pyrrole nitrogens is 1. The molecule has 0 aliphatic carbocycles. The summed E-state index contributed by atoms with van der Waals surface area (Å²) >= 11 is 9.68. The van der Waals surface area contributed by atoms with Gasteiger partial charge in [0.15, 0.2) is 0 Å². The third-order valence-corrected chi connectivity index (χ3v) is 9.13. The van der Waals surface area contributed by atoms with E-state index in [2.05, 4.69) is 38.0 Å². The van der Waals surface area contributed by atoms with Crippen LogP contribution in [0.3, 0.4) is 0 Å². The predicted octanol–water partition coefficient (Wildman–Crippen LogP) is 6.39. The second-order valence-electron chi connectivity index (χ2n) is 10.7. The van der Waals surface area contributed by atoms with Gasteiger partial charge < -0.3 is 9.88 Å². The van der Waals surface area contributed by atoms with E-state index in [0.717, 1.165) is 44.1 Å². The average Bonchev–Trinajstić information content (AvgIpc) is 3.65. The molecule has 1 aliphatic heterocycles. The number of rotatable bonds is 5. The number of aryl methyl sites for hydroxylation is 1. The summed E-state index contributed by atoms with van der Waals surface area (Å²) in [7, 11) is 0. The molecule has 0 unspecified atom stereocenters. The van der Waals surface area contributed by atoms with Gasteiger partial charge in [0.2, 0.25) is 0 Å². The highest BCUT2D eigenvalue weighted by atomic mass is 79.9. The molecule has 0 spiro atoms. The lowest BCUT2D eigenvalue weighted by molar-refractivity contribution is 0.0729. The number of fused-ring (bicyclic) bond motifs is 3. The number of aromatic amines is 1.